The van der Waals surface area contributed by atoms with Crippen LogP contribution in [0.2, 0.25) is 0 Å². The number of furan rings is 1. The van der Waals surface area contributed by atoms with E-state index in [1.54, 1.807) is 12.5 Å². The van der Waals surface area contributed by atoms with Crippen molar-refractivity contribution < 1.29 is 4.42 Å². The predicted molar refractivity (Wildman–Crippen MR) is 57.6 cm³/mol. The van der Waals surface area contributed by atoms with Crippen molar-refractivity contribution >= 4 is 11.6 Å². The average molecular weight is 207 g/mol. The van der Waals surface area contributed by atoms with E-state index in [0.29, 0.717) is 0 Å². The third-order valence-corrected chi connectivity index (χ3v) is 2.71. The number of rotatable bonds is 2. The molecule has 1 nitrogen and oxygen atoms in total. The maximum Gasteiger partial charge on any atom is 0.0952 e. The Labute approximate surface area is 88.3 Å². The molecule has 0 aliphatic heterocycles. The predicted octanol–water partition coefficient (Wildman–Crippen LogP) is 3.92. The highest BCUT2D eigenvalue weighted by molar-refractivity contribution is 6.22. The molecule has 2 aromatic rings. The van der Waals surface area contributed by atoms with Gasteiger partial charge in [-0.05, 0) is 18.6 Å². The molecule has 0 saturated heterocycles. The smallest absolute Gasteiger partial charge is 0.0952 e. The van der Waals surface area contributed by atoms with Gasteiger partial charge in [0, 0.05) is 5.56 Å². The first-order chi connectivity index (χ1) is 6.77. The van der Waals surface area contributed by atoms with Gasteiger partial charge in [0.05, 0.1) is 17.9 Å². The van der Waals surface area contributed by atoms with Crippen molar-refractivity contribution in [2.75, 3.05) is 0 Å². The van der Waals surface area contributed by atoms with Gasteiger partial charge < -0.3 is 4.42 Å². The molecule has 0 amide bonds. The topological polar surface area (TPSA) is 13.1 Å². The van der Waals surface area contributed by atoms with Gasteiger partial charge in [0.2, 0.25) is 0 Å². The number of hydrogen-bond acceptors (Lipinski definition) is 1. The van der Waals surface area contributed by atoms with E-state index < -0.39 is 0 Å². The van der Waals surface area contributed by atoms with Gasteiger partial charge >= 0.3 is 0 Å². The Balaban J connectivity index is 2.28. The zero-order chi connectivity index (χ0) is 9.97. The van der Waals surface area contributed by atoms with Gasteiger partial charge in [-0.25, -0.2) is 0 Å². The van der Waals surface area contributed by atoms with E-state index in [9.17, 15) is 0 Å². The second kappa shape index (κ2) is 3.89. The van der Waals surface area contributed by atoms with Crippen LogP contribution in [-0.2, 0) is 0 Å². The second-order valence-corrected chi connectivity index (χ2v) is 3.77. The SMILES string of the molecule is Cc1ccc(C(Cl)c2ccoc2)cc1. The first kappa shape index (κ1) is 9.35. The fourth-order valence-corrected chi connectivity index (χ4v) is 1.62. The molecule has 0 radical (unpaired) electrons. The quantitative estimate of drug-likeness (QED) is 0.679. The van der Waals surface area contributed by atoms with Gasteiger partial charge in [0.1, 0.15) is 0 Å². The van der Waals surface area contributed by atoms with Crippen LogP contribution in [0.25, 0.3) is 0 Å². The van der Waals surface area contributed by atoms with Crippen LogP contribution >= 0.6 is 11.6 Å². The van der Waals surface area contributed by atoms with Crippen molar-refractivity contribution in [3.05, 3.63) is 59.5 Å². The fraction of sp³-hybridized carbons (Fsp3) is 0.167. The molecule has 1 heterocycles. The van der Waals surface area contributed by atoms with Crippen LogP contribution < -0.4 is 0 Å². The Bertz CT molecular complexity index is 389. The second-order valence-electron chi connectivity index (χ2n) is 3.33. The number of hydrogen-bond donors (Lipinski definition) is 0. The molecule has 0 saturated carbocycles. The molecule has 0 aliphatic rings. The average Bonchev–Trinajstić information content (AvgIpc) is 2.71. The molecule has 72 valence electrons. The van der Waals surface area contributed by atoms with Gasteiger partial charge in [-0.3, -0.25) is 0 Å². The van der Waals surface area contributed by atoms with Crippen LogP contribution in [0.3, 0.4) is 0 Å². The molecule has 2 heteroatoms. The summed E-state index contributed by atoms with van der Waals surface area (Å²) in [6.07, 6.45) is 3.32. The van der Waals surface area contributed by atoms with Crippen LogP contribution in [-0.4, -0.2) is 0 Å². The molecule has 0 bridgehead atoms. The van der Waals surface area contributed by atoms with E-state index >= 15 is 0 Å². The highest BCUT2D eigenvalue weighted by Gasteiger charge is 2.10. The standard InChI is InChI=1S/C12H11ClO/c1-9-2-4-10(5-3-9)12(13)11-6-7-14-8-11/h2-8,12H,1H3. The third-order valence-electron chi connectivity index (χ3n) is 2.21. The Morgan fingerprint density at radius 2 is 1.79 bits per heavy atom. The minimum absolute atomic E-state index is 0.116. The first-order valence-corrected chi connectivity index (χ1v) is 4.94. The van der Waals surface area contributed by atoms with Gasteiger partial charge in [0.25, 0.3) is 0 Å². The number of aryl methyl sites for hydroxylation is 1. The Hall–Kier alpha value is -1.21. The summed E-state index contributed by atoms with van der Waals surface area (Å²) in [5.41, 5.74) is 3.33. The van der Waals surface area contributed by atoms with Crippen LogP contribution in [0.5, 0.6) is 0 Å². The van der Waals surface area contributed by atoms with Gasteiger partial charge in [-0.2, -0.15) is 0 Å². The summed E-state index contributed by atoms with van der Waals surface area (Å²) in [5, 5.41) is -0.116. The van der Waals surface area contributed by atoms with E-state index in [1.165, 1.54) is 5.56 Å². The van der Waals surface area contributed by atoms with Crippen LogP contribution in [0, 0.1) is 6.92 Å². The van der Waals surface area contributed by atoms with Crippen molar-refractivity contribution in [1.29, 1.82) is 0 Å². The van der Waals surface area contributed by atoms with E-state index in [-0.39, 0.29) is 5.38 Å². The lowest BCUT2D eigenvalue weighted by Crippen LogP contribution is -1.90. The molecule has 1 atom stereocenters. The molecular weight excluding hydrogens is 196 g/mol. The van der Waals surface area contributed by atoms with Crippen LogP contribution in [0.4, 0.5) is 0 Å². The lowest BCUT2D eigenvalue weighted by molar-refractivity contribution is 0.564. The molecule has 0 fully saturated rings. The zero-order valence-electron chi connectivity index (χ0n) is 7.91. The fourth-order valence-electron chi connectivity index (χ4n) is 1.35. The molecule has 0 N–H and O–H groups in total. The molecule has 0 aliphatic carbocycles. The van der Waals surface area contributed by atoms with E-state index in [2.05, 4.69) is 19.1 Å². The van der Waals surface area contributed by atoms with Crippen LogP contribution in [0.15, 0.2) is 47.3 Å². The van der Waals surface area contributed by atoms with E-state index in [4.69, 9.17) is 16.0 Å². The van der Waals surface area contributed by atoms with Crippen LogP contribution in [0.1, 0.15) is 22.1 Å². The minimum atomic E-state index is -0.116. The van der Waals surface area contributed by atoms with Crippen molar-refractivity contribution in [2.45, 2.75) is 12.3 Å². The number of halogens is 1. The number of benzene rings is 1. The summed E-state index contributed by atoms with van der Waals surface area (Å²) in [6.45, 7) is 2.06. The Kier molecular flexibility index (Phi) is 2.60. The maximum atomic E-state index is 6.27. The molecule has 1 unspecified atom stereocenters. The van der Waals surface area contributed by atoms with E-state index in [0.717, 1.165) is 11.1 Å². The third kappa shape index (κ3) is 1.83. The largest absolute Gasteiger partial charge is 0.472 e. The van der Waals surface area contributed by atoms with Crippen molar-refractivity contribution in [3.63, 3.8) is 0 Å². The first-order valence-electron chi connectivity index (χ1n) is 4.50. The lowest BCUT2D eigenvalue weighted by atomic mass is 10.1. The Morgan fingerprint density at radius 1 is 1.07 bits per heavy atom. The molecular formula is C12H11ClO. The summed E-state index contributed by atoms with van der Waals surface area (Å²) in [6, 6.07) is 10.1. The van der Waals surface area contributed by atoms with E-state index in [1.807, 2.05) is 18.2 Å². The highest BCUT2D eigenvalue weighted by Crippen LogP contribution is 2.28. The highest BCUT2D eigenvalue weighted by atomic mass is 35.5. The molecule has 1 aromatic carbocycles. The molecule has 14 heavy (non-hydrogen) atoms. The summed E-state index contributed by atoms with van der Waals surface area (Å²) in [7, 11) is 0. The number of alkyl halides is 1. The molecule has 0 spiro atoms. The van der Waals surface area contributed by atoms with Crippen molar-refractivity contribution in [1.82, 2.24) is 0 Å². The monoisotopic (exact) mass is 206 g/mol. The minimum Gasteiger partial charge on any atom is -0.472 e. The normalized spacial score (nSPS) is 12.7. The van der Waals surface area contributed by atoms with Gasteiger partial charge in [-0.15, -0.1) is 11.6 Å². The summed E-state index contributed by atoms with van der Waals surface area (Å²) in [5.74, 6) is 0. The summed E-state index contributed by atoms with van der Waals surface area (Å²) in [4.78, 5) is 0. The molecule has 1 aromatic heterocycles. The Morgan fingerprint density at radius 3 is 2.36 bits per heavy atom. The van der Waals surface area contributed by atoms with Crippen molar-refractivity contribution in [2.24, 2.45) is 0 Å². The summed E-state index contributed by atoms with van der Waals surface area (Å²) < 4.78 is 5.00. The summed E-state index contributed by atoms with van der Waals surface area (Å²) >= 11 is 6.27. The van der Waals surface area contributed by atoms with Crippen molar-refractivity contribution in [3.8, 4) is 0 Å². The molecule has 2 rings (SSSR count). The van der Waals surface area contributed by atoms with Gasteiger partial charge in [0.15, 0.2) is 0 Å². The zero-order valence-corrected chi connectivity index (χ0v) is 8.66. The lowest BCUT2D eigenvalue weighted by Gasteiger charge is -2.07. The maximum absolute atomic E-state index is 6.27. The van der Waals surface area contributed by atoms with Gasteiger partial charge in [-0.1, -0.05) is 29.8 Å².